The van der Waals surface area contributed by atoms with Crippen molar-refractivity contribution in [2.45, 2.75) is 13.5 Å². The molecule has 0 spiro atoms. The van der Waals surface area contributed by atoms with Crippen molar-refractivity contribution in [2.24, 2.45) is 0 Å². The SMILES string of the molecule is COc1ccc(COc2ccc(O)cc2)cc1C. The topological polar surface area (TPSA) is 38.7 Å². The average molecular weight is 244 g/mol. The lowest BCUT2D eigenvalue weighted by Gasteiger charge is -2.09. The van der Waals surface area contributed by atoms with Crippen LogP contribution in [0, 0.1) is 6.92 Å². The maximum Gasteiger partial charge on any atom is 0.121 e. The Labute approximate surface area is 107 Å². The number of hydrogen-bond donors (Lipinski definition) is 1. The van der Waals surface area contributed by atoms with Gasteiger partial charge in [0, 0.05) is 0 Å². The van der Waals surface area contributed by atoms with Crippen LogP contribution in [0.5, 0.6) is 17.2 Å². The predicted molar refractivity (Wildman–Crippen MR) is 70.2 cm³/mol. The molecule has 0 atom stereocenters. The molecule has 0 aliphatic rings. The second kappa shape index (κ2) is 5.45. The number of phenolic OH excluding ortho intramolecular Hbond substituents is 1. The van der Waals surface area contributed by atoms with Gasteiger partial charge in [0.1, 0.15) is 23.9 Å². The molecule has 3 nitrogen and oxygen atoms in total. The van der Waals surface area contributed by atoms with Crippen molar-refractivity contribution in [3.63, 3.8) is 0 Å². The van der Waals surface area contributed by atoms with Gasteiger partial charge in [0.2, 0.25) is 0 Å². The summed E-state index contributed by atoms with van der Waals surface area (Å²) in [5.74, 6) is 1.85. The van der Waals surface area contributed by atoms with E-state index in [4.69, 9.17) is 14.6 Å². The highest BCUT2D eigenvalue weighted by molar-refractivity contribution is 5.36. The molecular weight excluding hydrogens is 228 g/mol. The Bertz CT molecular complexity index is 518. The van der Waals surface area contributed by atoms with Gasteiger partial charge >= 0.3 is 0 Å². The second-order valence-corrected chi connectivity index (χ2v) is 4.09. The van der Waals surface area contributed by atoms with Crippen LogP contribution in [0.4, 0.5) is 0 Å². The maximum atomic E-state index is 9.17. The lowest BCUT2D eigenvalue weighted by atomic mass is 10.1. The fraction of sp³-hybridized carbons (Fsp3) is 0.200. The molecule has 0 aromatic heterocycles. The summed E-state index contributed by atoms with van der Waals surface area (Å²) >= 11 is 0. The third kappa shape index (κ3) is 2.94. The molecule has 0 saturated carbocycles. The fourth-order valence-corrected chi connectivity index (χ4v) is 1.74. The van der Waals surface area contributed by atoms with Crippen LogP contribution in [-0.2, 0) is 6.61 Å². The molecule has 0 radical (unpaired) electrons. The first-order valence-electron chi connectivity index (χ1n) is 5.74. The van der Waals surface area contributed by atoms with Crippen LogP contribution in [0.15, 0.2) is 42.5 Å². The number of aryl methyl sites for hydroxylation is 1. The summed E-state index contributed by atoms with van der Waals surface area (Å²) in [6.45, 7) is 2.50. The highest BCUT2D eigenvalue weighted by atomic mass is 16.5. The number of rotatable bonds is 4. The van der Waals surface area contributed by atoms with Crippen LogP contribution in [0.1, 0.15) is 11.1 Å². The zero-order valence-electron chi connectivity index (χ0n) is 10.5. The third-order valence-electron chi connectivity index (χ3n) is 2.70. The number of phenols is 1. The second-order valence-electron chi connectivity index (χ2n) is 4.09. The van der Waals surface area contributed by atoms with Crippen LogP contribution >= 0.6 is 0 Å². The maximum absolute atomic E-state index is 9.17. The fourth-order valence-electron chi connectivity index (χ4n) is 1.74. The third-order valence-corrected chi connectivity index (χ3v) is 2.70. The summed E-state index contributed by atoms with van der Waals surface area (Å²) in [4.78, 5) is 0. The lowest BCUT2D eigenvalue weighted by molar-refractivity contribution is 0.305. The molecule has 0 amide bonds. The Morgan fingerprint density at radius 2 is 1.78 bits per heavy atom. The van der Waals surface area contributed by atoms with Crippen molar-refractivity contribution in [1.29, 1.82) is 0 Å². The average Bonchev–Trinajstić information content (AvgIpc) is 2.38. The van der Waals surface area contributed by atoms with Gasteiger partial charge in [-0.2, -0.15) is 0 Å². The molecule has 0 bridgehead atoms. The Kier molecular flexibility index (Phi) is 3.72. The van der Waals surface area contributed by atoms with Gasteiger partial charge in [-0.25, -0.2) is 0 Å². The minimum atomic E-state index is 0.239. The van der Waals surface area contributed by atoms with Crippen LogP contribution in [0.3, 0.4) is 0 Å². The van der Waals surface area contributed by atoms with E-state index in [0.29, 0.717) is 6.61 Å². The molecule has 0 fully saturated rings. The van der Waals surface area contributed by atoms with Gasteiger partial charge in [0.15, 0.2) is 0 Å². The van der Waals surface area contributed by atoms with Gasteiger partial charge in [-0.15, -0.1) is 0 Å². The number of aromatic hydroxyl groups is 1. The zero-order chi connectivity index (χ0) is 13.0. The van der Waals surface area contributed by atoms with Crippen molar-refractivity contribution < 1.29 is 14.6 Å². The Hall–Kier alpha value is -2.16. The number of hydrogen-bond acceptors (Lipinski definition) is 3. The molecule has 2 aromatic rings. The van der Waals surface area contributed by atoms with Crippen molar-refractivity contribution in [1.82, 2.24) is 0 Å². The van der Waals surface area contributed by atoms with Crippen molar-refractivity contribution in [3.8, 4) is 17.2 Å². The molecule has 0 heterocycles. The number of ether oxygens (including phenoxy) is 2. The Morgan fingerprint density at radius 1 is 1.06 bits per heavy atom. The summed E-state index contributed by atoms with van der Waals surface area (Å²) in [5.41, 5.74) is 2.17. The molecule has 0 saturated heterocycles. The number of methoxy groups -OCH3 is 1. The smallest absolute Gasteiger partial charge is 0.121 e. The minimum Gasteiger partial charge on any atom is -0.508 e. The largest absolute Gasteiger partial charge is 0.508 e. The molecule has 0 unspecified atom stereocenters. The molecule has 0 aliphatic heterocycles. The molecule has 2 rings (SSSR count). The standard InChI is InChI=1S/C15H16O3/c1-11-9-12(3-8-15(11)17-2)10-18-14-6-4-13(16)5-7-14/h3-9,16H,10H2,1-2H3. The van der Waals surface area contributed by atoms with E-state index in [-0.39, 0.29) is 5.75 Å². The molecule has 3 heteroatoms. The lowest BCUT2D eigenvalue weighted by Crippen LogP contribution is -1.96. The molecule has 94 valence electrons. The van der Waals surface area contributed by atoms with Crippen molar-refractivity contribution in [3.05, 3.63) is 53.6 Å². The summed E-state index contributed by atoms with van der Waals surface area (Å²) in [6.07, 6.45) is 0. The first-order valence-corrected chi connectivity index (χ1v) is 5.74. The molecule has 2 aromatic carbocycles. The van der Waals surface area contributed by atoms with E-state index in [1.807, 2.05) is 25.1 Å². The molecular formula is C15H16O3. The van der Waals surface area contributed by atoms with Gasteiger partial charge in [0.05, 0.1) is 7.11 Å². The summed E-state index contributed by atoms with van der Waals surface area (Å²) in [6, 6.07) is 12.6. The molecule has 1 N–H and O–H groups in total. The van der Waals surface area contributed by atoms with E-state index in [0.717, 1.165) is 22.6 Å². The van der Waals surface area contributed by atoms with E-state index in [9.17, 15) is 0 Å². The normalized spacial score (nSPS) is 10.1. The molecule has 0 aliphatic carbocycles. The quantitative estimate of drug-likeness (QED) is 0.897. The van der Waals surface area contributed by atoms with Gasteiger partial charge in [-0.3, -0.25) is 0 Å². The monoisotopic (exact) mass is 244 g/mol. The summed E-state index contributed by atoms with van der Waals surface area (Å²) < 4.78 is 10.8. The minimum absolute atomic E-state index is 0.239. The first-order chi connectivity index (χ1) is 8.69. The van der Waals surface area contributed by atoms with Crippen molar-refractivity contribution >= 4 is 0 Å². The van der Waals surface area contributed by atoms with E-state index in [2.05, 4.69) is 0 Å². The van der Waals surface area contributed by atoms with Gasteiger partial charge < -0.3 is 14.6 Å². The highest BCUT2D eigenvalue weighted by Crippen LogP contribution is 2.21. The number of benzene rings is 2. The van der Waals surface area contributed by atoms with Crippen LogP contribution in [0.25, 0.3) is 0 Å². The van der Waals surface area contributed by atoms with Crippen LogP contribution in [-0.4, -0.2) is 12.2 Å². The van der Waals surface area contributed by atoms with Crippen molar-refractivity contribution in [2.75, 3.05) is 7.11 Å². The van der Waals surface area contributed by atoms with Crippen LogP contribution in [0.2, 0.25) is 0 Å². The summed E-state index contributed by atoms with van der Waals surface area (Å²) in [7, 11) is 1.66. The molecule has 18 heavy (non-hydrogen) atoms. The van der Waals surface area contributed by atoms with E-state index < -0.39 is 0 Å². The van der Waals surface area contributed by atoms with Gasteiger partial charge in [-0.05, 0) is 54.4 Å². The predicted octanol–water partition coefficient (Wildman–Crippen LogP) is 3.29. The van der Waals surface area contributed by atoms with E-state index >= 15 is 0 Å². The van der Waals surface area contributed by atoms with E-state index in [1.54, 1.807) is 31.4 Å². The van der Waals surface area contributed by atoms with Gasteiger partial charge in [0.25, 0.3) is 0 Å². The van der Waals surface area contributed by atoms with E-state index in [1.165, 1.54) is 0 Å². The van der Waals surface area contributed by atoms with Gasteiger partial charge in [-0.1, -0.05) is 6.07 Å². The Morgan fingerprint density at radius 3 is 2.39 bits per heavy atom. The highest BCUT2D eigenvalue weighted by Gasteiger charge is 2.01. The zero-order valence-corrected chi connectivity index (χ0v) is 10.5. The first kappa shape index (κ1) is 12.3. The van der Waals surface area contributed by atoms with Crippen LogP contribution < -0.4 is 9.47 Å². The summed E-state index contributed by atoms with van der Waals surface area (Å²) in [5, 5.41) is 9.17. The Balaban J connectivity index is 2.02.